The first-order valence-electron chi connectivity index (χ1n) is 23.4. The van der Waals surface area contributed by atoms with E-state index in [0.717, 1.165) is 89.2 Å². The van der Waals surface area contributed by atoms with Gasteiger partial charge in [-0.05, 0) is 42.3 Å². The molecule has 68 heavy (non-hydrogen) atoms. The van der Waals surface area contributed by atoms with Gasteiger partial charge in [0.15, 0.2) is 0 Å². The van der Waals surface area contributed by atoms with Crippen LogP contribution in [0.2, 0.25) is 17.3 Å². The zero-order valence-corrected chi connectivity index (χ0v) is 43.6. The number of nitrogens with zero attached hydrogens (tertiary/aromatic N) is 4. The standard InChI is InChI=1S/C37H24N3O.C24H28GeN.Ir/c1-24-22-23-30-29-18-11-19-31(35(29)41-37(30)38-24)36-39-32-20-8-9-21-33(32)40(36)34-27(25-12-4-2-5-13-25)16-10-17-28(34)26-14-6-3-7-15-26;1-18(20-12-8-6-9-13-20)19(2)22-16-24(21-14-10-7-11-15-21)26-17-23(22)25(3,4)5;/h2-18,20-23H,1H3;6-14,16-19H,1-5H3;/q2*-1;/i;19D;. The van der Waals surface area contributed by atoms with E-state index in [9.17, 15) is 1.37 Å². The maximum Gasteiger partial charge on any atom is 0 e. The molecule has 0 saturated carbocycles. The third-order valence-corrected chi connectivity index (χ3v) is 16.9. The van der Waals surface area contributed by atoms with E-state index in [-0.39, 0.29) is 26.0 Å². The zero-order valence-electron chi connectivity index (χ0n) is 40.1. The van der Waals surface area contributed by atoms with E-state index < -0.39 is 19.2 Å². The number of aryl methyl sites for hydroxylation is 1. The Morgan fingerprint density at radius 1 is 0.647 bits per heavy atom. The van der Waals surface area contributed by atoms with E-state index in [1.807, 2.05) is 67.7 Å². The molecule has 0 aliphatic heterocycles. The summed E-state index contributed by atoms with van der Waals surface area (Å²) >= 11 is -2.20. The number of benzene rings is 7. The van der Waals surface area contributed by atoms with E-state index in [1.165, 1.54) is 9.96 Å². The van der Waals surface area contributed by atoms with Crippen LogP contribution in [0.3, 0.4) is 0 Å². The Labute approximate surface area is 417 Å². The predicted octanol–water partition coefficient (Wildman–Crippen LogP) is 15.4. The van der Waals surface area contributed by atoms with Crippen molar-refractivity contribution in [2.24, 2.45) is 0 Å². The molecule has 0 aliphatic carbocycles. The number of rotatable bonds is 9. The largest absolute Gasteiger partial charge is 0 e. The second-order valence-corrected chi connectivity index (χ2v) is 28.7. The molecule has 5 nitrogen and oxygen atoms in total. The van der Waals surface area contributed by atoms with Gasteiger partial charge < -0.3 is 8.98 Å². The number of pyridine rings is 2. The Bertz CT molecular complexity index is 3490. The topological polar surface area (TPSA) is 56.7 Å². The van der Waals surface area contributed by atoms with E-state index in [0.29, 0.717) is 5.71 Å². The third-order valence-electron chi connectivity index (χ3n) is 12.7. The molecule has 4 aromatic heterocycles. The van der Waals surface area contributed by atoms with Gasteiger partial charge in [0, 0.05) is 42.3 Å². The summed E-state index contributed by atoms with van der Waals surface area (Å²) in [7, 11) is 0. The fourth-order valence-electron chi connectivity index (χ4n) is 9.09. The quantitative estimate of drug-likeness (QED) is 0.107. The molecule has 11 rings (SSSR count). The first-order chi connectivity index (χ1) is 33.0. The van der Waals surface area contributed by atoms with Crippen molar-refractivity contribution in [3.63, 3.8) is 0 Å². The summed E-state index contributed by atoms with van der Waals surface area (Å²) in [5, 5.41) is 1.98. The maximum atomic E-state index is 9.38. The number of imidazole rings is 1. The molecule has 1 radical (unpaired) electrons. The van der Waals surface area contributed by atoms with Crippen molar-refractivity contribution >= 4 is 50.8 Å². The first-order valence-corrected chi connectivity index (χ1v) is 30.3. The number of aromatic nitrogens is 4. The molecule has 0 saturated heterocycles. The minimum atomic E-state index is -2.20. The minimum absolute atomic E-state index is 0. The fraction of sp³-hybridized carbons (Fsp3) is 0.131. The van der Waals surface area contributed by atoms with Gasteiger partial charge in [-0.25, -0.2) is 4.98 Å². The van der Waals surface area contributed by atoms with E-state index in [1.54, 1.807) is 0 Å². The Morgan fingerprint density at radius 2 is 1.29 bits per heavy atom. The van der Waals surface area contributed by atoms with Crippen LogP contribution in [-0.2, 0) is 20.1 Å². The van der Waals surface area contributed by atoms with Gasteiger partial charge in [0.1, 0.15) is 0 Å². The number of hydrogen-bond donors (Lipinski definition) is 0. The Hall–Kier alpha value is -6.70. The molecular weight excluding hydrogens is 1070 g/mol. The molecule has 7 aromatic carbocycles. The van der Waals surface area contributed by atoms with Crippen LogP contribution in [0.1, 0.15) is 43.9 Å². The second-order valence-electron chi connectivity index (χ2n) is 18.2. The van der Waals surface area contributed by atoms with E-state index in [2.05, 4.69) is 186 Å². The van der Waals surface area contributed by atoms with Gasteiger partial charge in [-0.1, -0.05) is 102 Å². The van der Waals surface area contributed by atoms with Gasteiger partial charge in [-0.3, -0.25) is 4.98 Å². The summed E-state index contributed by atoms with van der Waals surface area (Å²) < 4.78 is 19.4. The number of fused-ring (bicyclic) bond motifs is 4. The van der Waals surface area contributed by atoms with Crippen LogP contribution < -0.4 is 4.40 Å². The average molecular weight is 1120 g/mol. The van der Waals surface area contributed by atoms with Gasteiger partial charge in [0.25, 0.3) is 0 Å². The summed E-state index contributed by atoms with van der Waals surface area (Å²) in [4.78, 5) is 14.6. The monoisotopic (exact) mass is 1120 g/mol. The molecular formula is C61H52GeIrN4O-2. The maximum absolute atomic E-state index is 9.38. The molecule has 0 bridgehead atoms. The van der Waals surface area contributed by atoms with Gasteiger partial charge in [0.2, 0.25) is 5.71 Å². The van der Waals surface area contributed by atoms with Crippen molar-refractivity contribution in [3.8, 4) is 50.6 Å². The van der Waals surface area contributed by atoms with Crippen molar-refractivity contribution in [2.45, 2.75) is 49.9 Å². The van der Waals surface area contributed by atoms with Gasteiger partial charge in [0.05, 0.1) is 28.1 Å². The molecule has 11 aromatic rings. The van der Waals surface area contributed by atoms with Crippen molar-refractivity contribution in [1.82, 2.24) is 19.5 Å². The summed E-state index contributed by atoms with van der Waals surface area (Å²) in [6.45, 7) is 6.19. The zero-order chi connectivity index (χ0) is 47.0. The molecule has 0 N–H and O–H groups in total. The van der Waals surface area contributed by atoms with Crippen molar-refractivity contribution in [3.05, 3.63) is 223 Å². The third kappa shape index (κ3) is 9.17. The van der Waals surface area contributed by atoms with Gasteiger partial charge >= 0.3 is 162 Å². The van der Waals surface area contributed by atoms with Crippen LogP contribution in [0, 0.1) is 19.1 Å². The molecule has 0 aliphatic rings. The van der Waals surface area contributed by atoms with Crippen LogP contribution in [0.4, 0.5) is 0 Å². The molecule has 2 unspecified atom stereocenters. The van der Waals surface area contributed by atoms with Crippen LogP contribution in [0.25, 0.3) is 83.7 Å². The van der Waals surface area contributed by atoms with Gasteiger partial charge in [-0.15, -0.1) is 18.2 Å². The van der Waals surface area contributed by atoms with Crippen molar-refractivity contribution < 1.29 is 25.9 Å². The molecule has 2 atom stereocenters. The Balaban J connectivity index is 0.000000185. The minimum Gasteiger partial charge on any atom is 0 e. The van der Waals surface area contributed by atoms with Crippen LogP contribution >= 0.6 is 0 Å². The van der Waals surface area contributed by atoms with E-state index >= 15 is 0 Å². The number of furan rings is 1. The summed E-state index contributed by atoms with van der Waals surface area (Å²) in [5.74, 6) is 7.24. The smallest absolute Gasteiger partial charge is 0 e. The molecule has 0 amide bonds. The van der Waals surface area contributed by atoms with Crippen molar-refractivity contribution in [2.75, 3.05) is 0 Å². The summed E-state index contributed by atoms with van der Waals surface area (Å²) in [5.41, 5.74) is 14.8. The first kappa shape index (κ1) is 45.1. The SMILES string of the molecule is Cc1ccc2c(n1)oc1c(-c3nc4ccccc4n3-c3c(-c4ccccc4)cccc3-c3ccccc3)[c-]ccc12.[2H]C(C)(c1cc(-c2[c-]cccc2)nc[c]1[Ge]([CH3])([CH3])[CH3])C(C)c1ccccc1.[Ir]. The molecule has 7 heteroatoms. The van der Waals surface area contributed by atoms with Crippen molar-refractivity contribution in [1.29, 1.82) is 0 Å². The number of para-hydroxylation sites is 3. The average Bonchev–Trinajstić information content (AvgIpc) is 3.95. The van der Waals surface area contributed by atoms with E-state index in [4.69, 9.17) is 14.4 Å². The fourth-order valence-corrected chi connectivity index (χ4v) is 12.3. The van der Waals surface area contributed by atoms with Gasteiger partial charge in [-0.2, -0.15) is 0 Å². The second kappa shape index (κ2) is 19.9. The predicted molar refractivity (Wildman–Crippen MR) is 281 cm³/mol. The van der Waals surface area contributed by atoms with Crippen LogP contribution in [0.5, 0.6) is 0 Å². The van der Waals surface area contributed by atoms with Crippen LogP contribution in [0.15, 0.2) is 199 Å². The Kier molecular flexibility index (Phi) is 13.2. The molecule has 4 heterocycles. The normalized spacial score (nSPS) is 13.0. The Morgan fingerprint density at radius 3 is 1.96 bits per heavy atom. The molecule has 337 valence electrons. The molecule has 0 spiro atoms. The number of hydrogen-bond acceptors (Lipinski definition) is 4. The summed E-state index contributed by atoms with van der Waals surface area (Å²) in [6.07, 6.45) is 2.04. The molecule has 0 fully saturated rings. The summed E-state index contributed by atoms with van der Waals surface area (Å²) in [6, 6.07) is 71.2. The van der Waals surface area contributed by atoms with Crippen LogP contribution in [-0.4, -0.2) is 32.8 Å².